The lowest BCUT2D eigenvalue weighted by Crippen LogP contribution is -2.45. The fourth-order valence-electron chi connectivity index (χ4n) is 0.946. The van der Waals surface area contributed by atoms with Crippen LogP contribution in [0.5, 0.6) is 0 Å². The largest absolute Gasteiger partial charge is 0.394 e. The Bertz CT molecular complexity index is 399. The van der Waals surface area contributed by atoms with E-state index < -0.39 is 42.7 Å². The molecule has 0 fully saturated rings. The first kappa shape index (κ1) is 17.7. The van der Waals surface area contributed by atoms with Gasteiger partial charge in [-0.3, -0.25) is 0 Å². The number of nitrogens with one attached hydrogen (secondary N) is 2. The van der Waals surface area contributed by atoms with E-state index in [1.165, 1.54) is 0 Å². The molecule has 12 nitrogen and oxygen atoms in total. The topological polar surface area (TPSA) is 216 Å². The molecule has 0 bridgehead atoms. The van der Waals surface area contributed by atoms with Gasteiger partial charge in [0, 0.05) is 0 Å². The van der Waals surface area contributed by atoms with Gasteiger partial charge in [0.05, 0.1) is 12.8 Å². The van der Waals surface area contributed by atoms with Crippen LogP contribution in [0, 0.1) is 0 Å². The third-order valence-electron chi connectivity index (χ3n) is 1.87. The molecule has 0 saturated heterocycles. The molecule has 0 aliphatic carbocycles. The van der Waals surface area contributed by atoms with Crippen LogP contribution in [-0.2, 0) is 0 Å². The Morgan fingerprint density at radius 2 is 1.70 bits per heavy atom. The second kappa shape index (κ2) is 8.76. The zero-order valence-corrected chi connectivity index (χ0v) is 10.2. The van der Waals surface area contributed by atoms with Crippen LogP contribution < -0.4 is 22.3 Å². The summed E-state index contributed by atoms with van der Waals surface area (Å²) in [5.74, 6) is 0. The number of amides is 4. The molecule has 20 heavy (non-hydrogen) atoms. The first-order valence-corrected chi connectivity index (χ1v) is 5.16. The SMILES string of the molecule is NC(=O)N/N=C\C(=N/NC(N)=O)[C@H](O)[C@@H](O)[C@@H](O)CO. The van der Waals surface area contributed by atoms with E-state index in [4.69, 9.17) is 16.6 Å². The summed E-state index contributed by atoms with van der Waals surface area (Å²) < 4.78 is 0. The molecule has 0 spiro atoms. The molecule has 0 aromatic rings. The van der Waals surface area contributed by atoms with E-state index >= 15 is 0 Å². The fraction of sp³-hybridized carbons (Fsp3) is 0.500. The highest BCUT2D eigenvalue weighted by molar-refractivity contribution is 6.32. The molecule has 10 N–H and O–H groups in total. The molecule has 4 amide bonds. The van der Waals surface area contributed by atoms with Gasteiger partial charge in [-0.1, -0.05) is 0 Å². The van der Waals surface area contributed by atoms with E-state index in [1.54, 1.807) is 10.9 Å². The minimum Gasteiger partial charge on any atom is -0.394 e. The summed E-state index contributed by atoms with van der Waals surface area (Å²) in [7, 11) is 0. The van der Waals surface area contributed by atoms with Crippen LogP contribution in [0.1, 0.15) is 0 Å². The van der Waals surface area contributed by atoms with E-state index in [9.17, 15) is 24.9 Å². The van der Waals surface area contributed by atoms with Crippen LogP contribution in [0.2, 0.25) is 0 Å². The average molecular weight is 292 g/mol. The van der Waals surface area contributed by atoms with E-state index in [0.29, 0.717) is 0 Å². The zero-order valence-electron chi connectivity index (χ0n) is 10.2. The Morgan fingerprint density at radius 1 is 1.15 bits per heavy atom. The molecule has 0 aliphatic heterocycles. The predicted octanol–water partition coefficient (Wildman–Crippen LogP) is -4.26. The first-order chi connectivity index (χ1) is 9.29. The van der Waals surface area contributed by atoms with Crippen molar-refractivity contribution in [2.24, 2.45) is 21.7 Å². The number of hydrogen-bond donors (Lipinski definition) is 8. The van der Waals surface area contributed by atoms with Gasteiger partial charge >= 0.3 is 12.1 Å². The number of rotatable bonds is 7. The Morgan fingerprint density at radius 3 is 2.15 bits per heavy atom. The van der Waals surface area contributed by atoms with Crippen molar-refractivity contribution >= 4 is 24.0 Å². The smallest absolute Gasteiger partial charge is 0.332 e. The van der Waals surface area contributed by atoms with Crippen molar-refractivity contribution in [3.05, 3.63) is 0 Å². The molecular formula is C8H16N6O6. The summed E-state index contributed by atoms with van der Waals surface area (Å²) in [4.78, 5) is 20.9. The maximum Gasteiger partial charge on any atom is 0.332 e. The van der Waals surface area contributed by atoms with Crippen LogP contribution in [0.3, 0.4) is 0 Å². The van der Waals surface area contributed by atoms with E-state index in [1.807, 2.05) is 0 Å². The van der Waals surface area contributed by atoms with Gasteiger partial charge in [0.2, 0.25) is 0 Å². The van der Waals surface area contributed by atoms with Crippen molar-refractivity contribution < 1.29 is 30.0 Å². The maximum absolute atomic E-state index is 10.5. The third kappa shape index (κ3) is 6.60. The normalized spacial score (nSPS) is 16.5. The van der Waals surface area contributed by atoms with Crippen LogP contribution in [0.4, 0.5) is 9.59 Å². The Hall–Kier alpha value is -2.28. The average Bonchev–Trinajstić information content (AvgIpc) is 2.39. The molecule has 12 heteroatoms. The maximum atomic E-state index is 10.5. The molecule has 3 atom stereocenters. The number of nitrogens with zero attached hydrogens (tertiary/aromatic N) is 2. The van der Waals surface area contributed by atoms with Crippen molar-refractivity contribution in [2.75, 3.05) is 6.61 Å². The Balaban J connectivity index is 5.00. The lowest BCUT2D eigenvalue weighted by molar-refractivity contribution is -0.0549. The van der Waals surface area contributed by atoms with Crippen molar-refractivity contribution in [1.82, 2.24) is 10.9 Å². The summed E-state index contributed by atoms with van der Waals surface area (Å²) in [5.41, 5.74) is 12.6. The Labute approximate surface area is 112 Å². The molecule has 0 aromatic carbocycles. The van der Waals surface area contributed by atoms with E-state index in [-0.39, 0.29) is 0 Å². The summed E-state index contributed by atoms with van der Waals surface area (Å²) in [5, 5.41) is 43.5. The first-order valence-electron chi connectivity index (χ1n) is 5.16. The molecule has 0 heterocycles. The van der Waals surface area contributed by atoms with Crippen LogP contribution in [0.15, 0.2) is 10.2 Å². The van der Waals surface area contributed by atoms with Gasteiger partial charge in [0.1, 0.15) is 24.0 Å². The number of carbonyl (C=O) groups is 2. The van der Waals surface area contributed by atoms with Gasteiger partial charge in [0.15, 0.2) is 0 Å². The summed E-state index contributed by atoms with van der Waals surface area (Å²) in [6, 6.07) is -2.07. The van der Waals surface area contributed by atoms with Crippen LogP contribution in [0.25, 0.3) is 0 Å². The van der Waals surface area contributed by atoms with Crippen molar-refractivity contribution in [2.45, 2.75) is 18.3 Å². The highest BCUT2D eigenvalue weighted by Gasteiger charge is 2.28. The minimum absolute atomic E-state index is 0.461. The van der Waals surface area contributed by atoms with E-state index in [2.05, 4.69) is 10.2 Å². The number of nitrogens with two attached hydrogens (primary N) is 2. The third-order valence-corrected chi connectivity index (χ3v) is 1.87. The molecule has 0 aliphatic rings. The summed E-state index contributed by atoms with van der Waals surface area (Å²) in [6.45, 7) is -0.828. The highest BCUT2D eigenvalue weighted by atomic mass is 16.4. The predicted molar refractivity (Wildman–Crippen MR) is 66.5 cm³/mol. The van der Waals surface area contributed by atoms with Crippen LogP contribution >= 0.6 is 0 Å². The molecule has 0 rings (SSSR count). The van der Waals surface area contributed by atoms with E-state index in [0.717, 1.165) is 6.21 Å². The number of aliphatic hydroxyl groups is 4. The van der Waals surface area contributed by atoms with Gasteiger partial charge in [-0.2, -0.15) is 10.2 Å². The monoisotopic (exact) mass is 292 g/mol. The fourth-order valence-corrected chi connectivity index (χ4v) is 0.946. The summed E-state index contributed by atoms with van der Waals surface area (Å²) in [6.07, 6.45) is -4.57. The molecule has 0 radical (unpaired) electrons. The second-order valence-corrected chi connectivity index (χ2v) is 3.43. The Kier molecular flexibility index (Phi) is 7.76. The number of hydrazone groups is 2. The second-order valence-electron chi connectivity index (χ2n) is 3.43. The number of aliphatic hydroxyl groups excluding tert-OH is 4. The van der Waals surface area contributed by atoms with Gasteiger partial charge < -0.3 is 31.9 Å². The van der Waals surface area contributed by atoms with Crippen LogP contribution in [-0.4, -0.2) is 69.3 Å². The minimum atomic E-state index is -1.83. The van der Waals surface area contributed by atoms with Gasteiger partial charge in [-0.25, -0.2) is 20.4 Å². The van der Waals surface area contributed by atoms with Gasteiger partial charge in [0.25, 0.3) is 0 Å². The quantitative estimate of drug-likeness (QED) is 0.171. The van der Waals surface area contributed by atoms with Crippen molar-refractivity contribution in [3.63, 3.8) is 0 Å². The standard InChI is InChI=1S/C8H16N6O6/c9-7(19)13-11-1-3(12-14-8(10)20)5(17)6(18)4(16)2-15/h1,4-6,15-18H,2H2,(H3,9,13,19)(H3,10,14,20)/b11-1-,12-3+/t4-,5-,6-/m0/s1. The van der Waals surface area contributed by atoms with Crippen molar-refractivity contribution in [3.8, 4) is 0 Å². The lowest BCUT2D eigenvalue weighted by Gasteiger charge is -2.21. The van der Waals surface area contributed by atoms with Gasteiger partial charge in [-0.05, 0) is 0 Å². The molecule has 0 saturated carbocycles. The number of urea groups is 2. The summed E-state index contributed by atoms with van der Waals surface area (Å²) >= 11 is 0. The lowest BCUT2D eigenvalue weighted by atomic mass is 10.0. The zero-order chi connectivity index (χ0) is 15.7. The number of hydrogen-bond acceptors (Lipinski definition) is 8. The molecular weight excluding hydrogens is 276 g/mol. The molecule has 114 valence electrons. The number of primary amides is 2. The van der Waals surface area contributed by atoms with Crippen molar-refractivity contribution in [1.29, 1.82) is 0 Å². The highest BCUT2D eigenvalue weighted by Crippen LogP contribution is 2.01. The molecule has 0 unspecified atom stereocenters. The van der Waals surface area contributed by atoms with Gasteiger partial charge in [-0.15, -0.1) is 0 Å². The number of carbonyl (C=O) groups excluding carboxylic acids is 2. The molecule has 0 aromatic heterocycles.